The van der Waals surface area contributed by atoms with Crippen LogP contribution in [0.2, 0.25) is 0 Å². The Labute approximate surface area is 105 Å². The molecule has 98 valence electrons. The molecular formula is C13H16F2N2O. The number of para-hydroxylation sites is 1. The van der Waals surface area contributed by atoms with Gasteiger partial charge in [-0.3, -0.25) is 11.3 Å². The molecule has 0 saturated carbocycles. The van der Waals surface area contributed by atoms with E-state index in [1.54, 1.807) is 25.1 Å². The second-order valence-corrected chi connectivity index (χ2v) is 3.60. The molecule has 0 aliphatic heterocycles. The SMILES string of the molecule is CC#CCCC(NN)c1ccccc1OC(F)F. The van der Waals surface area contributed by atoms with Crippen molar-refractivity contribution >= 4 is 0 Å². The minimum Gasteiger partial charge on any atom is -0.434 e. The lowest BCUT2D eigenvalue weighted by molar-refractivity contribution is -0.0507. The zero-order chi connectivity index (χ0) is 13.4. The van der Waals surface area contributed by atoms with Gasteiger partial charge in [0.25, 0.3) is 0 Å². The number of halogens is 2. The van der Waals surface area contributed by atoms with Crippen LogP contribution in [-0.2, 0) is 0 Å². The van der Waals surface area contributed by atoms with Crippen LogP contribution in [0.1, 0.15) is 31.4 Å². The van der Waals surface area contributed by atoms with Gasteiger partial charge in [-0.15, -0.1) is 11.8 Å². The summed E-state index contributed by atoms with van der Waals surface area (Å²) in [6.45, 7) is -1.10. The average Bonchev–Trinajstić information content (AvgIpc) is 2.35. The minimum atomic E-state index is -2.85. The van der Waals surface area contributed by atoms with Crippen LogP contribution >= 0.6 is 0 Å². The molecule has 0 radical (unpaired) electrons. The van der Waals surface area contributed by atoms with Gasteiger partial charge < -0.3 is 4.74 Å². The van der Waals surface area contributed by atoms with E-state index >= 15 is 0 Å². The molecule has 1 aromatic carbocycles. The first kappa shape index (κ1) is 14.4. The van der Waals surface area contributed by atoms with Crippen LogP contribution in [0.3, 0.4) is 0 Å². The van der Waals surface area contributed by atoms with Gasteiger partial charge in [-0.25, -0.2) is 0 Å². The summed E-state index contributed by atoms with van der Waals surface area (Å²) in [4.78, 5) is 0. The van der Waals surface area contributed by atoms with Gasteiger partial charge in [-0.2, -0.15) is 8.78 Å². The summed E-state index contributed by atoms with van der Waals surface area (Å²) in [6, 6.07) is 6.34. The van der Waals surface area contributed by atoms with E-state index in [0.717, 1.165) is 0 Å². The van der Waals surface area contributed by atoms with Gasteiger partial charge >= 0.3 is 6.61 Å². The van der Waals surface area contributed by atoms with E-state index < -0.39 is 6.61 Å². The van der Waals surface area contributed by atoms with Crippen LogP contribution in [0.15, 0.2) is 24.3 Å². The molecule has 1 rings (SSSR count). The second-order valence-electron chi connectivity index (χ2n) is 3.60. The molecule has 0 saturated heterocycles. The molecule has 0 amide bonds. The van der Waals surface area contributed by atoms with Gasteiger partial charge in [0.2, 0.25) is 0 Å². The standard InChI is InChI=1S/C13H16F2N2O/c1-2-3-4-8-11(17-16)10-7-5-6-9-12(10)18-13(14)15/h5-7,9,11,13,17H,4,8,16H2,1H3. The van der Waals surface area contributed by atoms with E-state index in [9.17, 15) is 8.78 Å². The van der Waals surface area contributed by atoms with Gasteiger partial charge in [0.05, 0.1) is 6.04 Å². The Hall–Kier alpha value is -1.64. The van der Waals surface area contributed by atoms with Crippen molar-refractivity contribution in [3.05, 3.63) is 29.8 Å². The van der Waals surface area contributed by atoms with Crippen molar-refractivity contribution in [2.45, 2.75) is 32.4 Å². The van der Waals surface area contributed by atoms with E-state index in [2.05, 4.69) is 22.0 Å². The third-order valence-corrected chi connectivity index (χ3v) is 2.45. The Kier molecular flexibility index (Phi) is 6.12. The normalized spacial score (nSPS) is 11.8. The predicted octanol–water partition coefficient (Wildman–Crippen LogP) is 2.60. The lowest BCUT2D eigenvalue weighted by Crippen LogP contribution is -2.28. The monoisotopic (exact) mass is 254 g/mol. The fraction of sp³-hybridized carbons (Fsp3) is 0.385. The molecule has 0 aliphatic carbocycles. The quantitative estimate of drug-likeness (QED) is 0.466. The summed E-state index contributed by atoms with van der Waals surface area (Å²) >= 11 is 0. The number of nitrogens with two attached hydrogens (primary N) is 1. The summed E-state index contributed by atoms with van der Waals surface area (Å²) < 4.78 is 29.0. The molecule has 0 heterocycles. The summed E-state index contributed by atoms with van der Waals surface area (Å²) in [6.07, 6.45) is 1.26. The largest absolute Gasteiger partial charge is 0.434 e. The minimum absolute atomic E-state index is 0.139. The van der Waals surface area contributed by atoms with E-state index in [1.807, 2.05) is 0 Å². The van der Waals surface area contributed by atoms with Crippen molar-refractivity contribution in [2.24, 2.45) is 5.84 Å². The number of rotatable bonds is 6. The number of ether oxygens (including phenoxy) is 1. The van der Waals surface area contributed by atoms with E-state index in [1.165, 1.54) is 6.07 Å². The summed E-state index contributed by atoms with van der Waals surface area (Å²) in [7, 11) is 0. The Morgan fingerprint density at radius 2 is 2.11 bits per heavy atom. The Bertz CT molecular complexity index is 426. The van der Waals surface area contributed by atoms with Gasteiger partial charge in [0, 0.05) is 12.0 Å². The zero-order valence-electron chi connectivity index (χ0n) is 10.1. The first-order valence-electron chi connectivity index (χ1n) is 5.58. The van der Waals surface area contributed by atoms with Crippen molar-refractivity contribution in [1.29, 1.82) is 0 Å². The molecule has 1 atom stereocenters. The van der Waals surface area contributed by atoms with Gasteiger partial charge in [-0.1, -0.05) is 18.2 Å². The highest BCUT2D eigenvalue weighted by Gasteiger charge is 2.16. The lowest BCUT2D eigenvalue weighted by atomic mass is 10.0. The molecule has 18 heavy (non-hydrogen) atoms. The highest BCUT2D eigenvalue weighted by molar-refractivity contribution is 5.36. The highest BCUT2D eigenvalue weighted by Crippen LogP contribution is 2.28. The lowest BCUT2D eigenvalue weighted by Gasteiger charge is -2.18. The van der Waals surface area contributed by atoms with Crippen LogP contribution in [0.5, 0.6) is 5.75 Å². The number of alkyl halides is 2. The first-order chi connectivity index (χ1) is 8.69. The molecule has 1 aromatic rings. The molecule has 0 fully saturated rings. The number of hydrogen-bond acceptors (Lipinski definition) is 3. The molecule has 3 N–H and O–H groups in total. The van der Waals surface area contributed by atoms with E-state index in [-0.39, 0.29) is 11.8 Å². The maximum Gasteiger partial charge on any atom is 0.387 e. The van der Waals surface area contributed by atoms with E-state index in [0.29, 0.717) is 18.4 Å². The second kappa shape index (κ2) is 7.64. The molecule has 5 heteroatoms. The van der Waals surface area contributed by atoms with Crippen LogP contribution in [-0.4, -0.2) is 6.61 Å². The summed E-state index contributed by atoms with van der Waals surface area (Å²) in [5.74, 6) is 11.3. The molecule has 0 aromatic heterocycles. The summed E-state index contributed by atoms with van der Waals surface area (Å²) in [5.41, 5.74) is 3.21. The highest BCUT2D eigenvalue weighted by atomic mass is 19.3. The van der Waals surface area contributed by atoms with Crippen LogP contribution in [0, 0.1) is 11.8 Å². The Morgan fingerprint density at radius 3 is 2.72 bits per heavy atom. The summed E-state index contributed by atoms with van der Waals surface area (Å²) in [5, 5.41) is 0. The van der Waals surface area contributed by atoms with Crippen molar-refractivity contribution in [3.8, 4) is 17.6 Å². The third-order valence-electron chi connectivity index (χ3n) is 2.45. The average molecular weight is 254 g/mol. The fourth-order valence-electron chi connectivity index (χ4n) is 1.64. The van der Waals surface area contributed by atoms with Gasteiger partial charge in [0.15, 0.2) is 0 Å². The van der Waals surface area contributed by atoms with Crippen LogP contribution < -0.4 is 16.0 Å². The van der Waals surface area contributed by atoms with Crippen molar-refractivity contribution in [3.63, 3.8) is 0 Å². The van der Waals surface area contributed by atoms with Crippen LogP contribution in [0.4, 0.5) is 8.78 Å². The van der Waals surface area contributed by atoms with E-state index in [4.69, 9.17) is 5.84 Å². The number of nitrogens with one attached hydrogen (secondary N) is 1. The Balaban J connectivity index is 2.85. The van der Waals surface area contributed by atoms with Crippen molar-refractivity contribution < 1.29 is 13.5 Å². The molecule has 3 nitrogen and oxygen atoms in total. The Morgan fingerprint density at radius 1 is 1.39 bits per heavy atom. The maximum absolute atomic E-state index is 12.3. The third kappa shape index (κ3) is 4.32. The predicted molar refractivity (Wildman–Crippen MR) is 65.8 cm³/mol. The first-order valence-corrected chi connectivity index (χ1v) is 5.58. The number of benzene rings is 1. The van der Waals surface area contributed by atoms with Crippen molar-refractivity contribution in [2.75, 3.05) is 0 Å². The maximum atomic E-state index is 12.3. The molecule has 0 spiro atoms. The van der Waals surface area contributed by atoms with Gasteiger partial charge in [-0.05, 0) is 19.4 Å². The molecule has 0 aliphatic rings. The topological polar surface area (TPSA) is 47.3 Å². The molecular weight excluding hydrogens is 238 g/mol. The molecule has 1 unspecified atom stereocenters. The van der Waals surface area contributed by atoms with Gasteiger partial charge in [0.1, 0.15) is 5.75 Å². The number of hydrazine groups is 1. The smallest absolute Gasteiger partial charge is 0.387 e. The molecule has 0 bridgehead atoms. The fourth-order valence-corrected chi connectivity index (χ4v) is 1.64. The zero-order valence-corrected chi connectivity index (χ0v) is 10.1. The number of hydrogen-bond donors (Lipinski definition) is 2. The van der Waals surface area contributed by atoms with Crippen molar-refractivity contribution in [1.82, 2.24) is 5.43 Å². The van der Waals surface area contributed by atoms with Crippen LogP contribution in [0.25, 0.3) is 0 Å².